The Kier molecular flexibility index (Phi) is 3.97. The molecule has 1 saturated carbocycles. The van der Waals surface area contributed by atoms with Crippen LogP contribution >= 0.6 is 0 Å². The third kappa shape index (κ3) is 3.58. The Bertz CT molecular complexity index is 561. The summed E-state index contributed by atoms with van der Waals surface area (Å²) < 4.78 is 5.80. The van der Waals surface area contributed by atoms with Gasteiger partial charge < -0.3 is 10.1 Å². The minimum absolute atomic E-state index is 0.657. The normalized spacial score (nSPS) is 14.2. The van der Waals surface area contributed by atoms with Gasteiger partial charge >= 0.3 is 0 Å². The standard InChI is InChI=1S/C17H20N2O/c1-2-13-6-10-16(11-7-13)20-17-5-3-4-15(19-17)12-18-14-8-9-14/h3-7,10-11,14,18H,2,8-9,12H2,1H3. The van der Waals surface area contributed by atoms with E-state index in [4.69, 9.17) is 4.74 Å². The zero-order valence-electron chi connectivity index (χ0n) is 11.8. The molecule has 3 heteroatoms. The summed E-state index contributed by atoms with van der Waals surface area (Å²) in [5, 5.41) is 3.46. The maximum absolute atomic E-state index is 5.80. The third-order valence-corrected chi connectivity index (χ3v) is 3.48. The van der Waals surface area contributed by atoms with Crippen LogP contribution < -0.4 is 10.1 Å². The Morgan fingerprint density at radius 2 is 1.95 bits per heavy atom. The summed E-state index contributed by atoms with van der Waals surface area (Å²) in [6.45, 7) is 2.96. The lowest BCUT2D eigenvalue weighted by Gasteiger charge is -2.07. The molecule has 0 aliphatic heterocycles. The predicted molar refractivity (Wildman–Crippen MR) is 80.0 cm³/mol. The van der Waals surface area contributed by atoms with Crippen LogP contribution in [-0.2, 0) is 13.0 Å². The number of pyridine rings is 1. The van der Waals surface area contributed by atoms with Gasteiger partial charge in [-0.15, -0.1) is 0 Å². The molecule has 1 fully saturated rings. The summed E-state index contributed by atoms with van der Waals surface area (Å²) in [6, 6.07) is 14.8. The molecule has 2 aromatic rings. The van der Waals surface area contributed by atoms with Gasteiger partial charge in [0.25, 0.3) is 0 Å². The molecule has 1 aliphatic rings. The van der Waals surface area contributed by atoms with E-state index in [1.165, 1.54) is 18.4 Å². The molecule has 0 bridgehead atoms. The second-order valence-electron chi connectivity index (χ2n) is 5.22. The molecule has 1 heterocycles. The van der Waals surface area contributed by atoms with E-state index in [0.29, 0.717) is 11.9 Å². The molecular weight excluding hydrogens is 248 g/mol. The van der Waals surface area contributed by atoms with Gasteiger partial charge in [-0.3, -0.25) is 0 Å². The van der Waals surface area contributed by atoms with Crippen molar-refractivity contribution >= 4 is 0 Å². The fourth-order valence-electron chi connectivity index (χ4n) is 2.06. The van der Waals surface area contributed by atoms with Crippen LogP contribution in [0.25, 0.3) is 0 Å². The molecule has 0 spiro atoms. The number of rotatable bonds is 6. The highest BCUT2D eigenvalue weighted by Gasteiger charge is 2.20. The van der Waals surface area contributed by atoms with Crippen molar-refractivity contribution in [2.45, 2.75) is 38.8 Å². The molecule has 1 aromatic carbocycles. The quantitative estimate of drug-likeness (QED) is 0.867. The molecule has 3 rings (SSSR count). The molecule has 1 aliphatic carbocycles. The van der Waals surface area contributed by atoms with Crippen LogP contribution in [0.2, 0.25) is 0 Å². The van der Waals surface area contributed by atoms with E-state index in [1.54, 1.807) is 0 Å². The van der Waals surface area contributed by atoms with Crippen molar-refractivity contribution in [1.82, 2.24) is 10.3 Å². The first-order chi connectivity index (χ1) is 9.83. The van der Waals surface area contributed by atoms with E-state index >= 15 is 0 Å². The van der Waals surface area contributed by atoms with Crippen LogP contribution in [0.4, 0.5) is 0 Å². The Morgan fingerprint density at radius 1 is 1.15 bits per heavy atom. The number of hydrogen-bond donors (Lipinski definition) is 1. The van der Waals surface area contributed by atoms with Gasteiger partial charge in [-0.2, -0.15) is 0 Å². The number of aromatic nitrogens is 1. The van der Waals surface area contributed by atoms with Gasteiger partial charge in [-0.05, 0) is 43.0 Å². The van der Waals surface area contributed by atoms with Crippen LogP contribution in [0, 0.1) is 0 Å². The van der Waals surface area contributed by atoms with Crippen molar-refractivity contribution in [1.29, 1.82) is 0 Å². The number of nitrogens with zero attached hydrogens (tertiary/aromatic N) is 1. The van der Waals surface area contributed by atoms with Gasteiger partial charge in [0.15, 0.2) is 0 Å². The van der Waals surface area contributed by atoms with Crippen molar-refractivity contribution in [2.75, 3.05) is 0 Å². The molecule has 0 atom stereocenters. The lowest BCUT2D eigenvalue weighted by molar-refractivity contribution is 0.459. The maximum atomic E-state index is 5.80. The Balaban J connectivity index is 1.64. The fraction of sp³-hybridized carbons (Fsp3) is 0.353. The van der Waals surface area contributed by atoms with E-state index in [-0.39, 0.29) is 0 Å². The molecule has 1 N–H and O–H groups in total. The van der Waals surface area contributed by atoms with Crippen molar-refractivity contribution in [3.8, 4) is 11.6 Å². The average Bonchev–Trinajstić information content (AvgIpc) is 3.31. The molecule has 0 amide bonds. The zero-order chi connectivity index (χ0) is 13.8. The first kappa shape index (κ1) is 13.1. The van der Waals surface area contributed by atoms with Gasteiger partial charge in [0.05, 0.1) is 5.69 Å². The van der Waals surface area contributed by atoms with Crippen LogP contribution in [0.3, 0.4) is 0 Å². The molecular formula is C17H20N2O. The van der Waals surface area contributed by atoms with Crippen LogP contribution in [-0.4, -0.2) is 11.0 Å². The van der Waals surface area contributed by atoms with Gasteiger partial charge in [-0.1, -0.05) is 25.1 Å². The monoisotopic (exact) mass is 268 g/mol. The summed E-state index contributed by atoms with van der Waals surface area (Å²) >= 11 is 0. The molecule has 1 aromatic heterocycles. The van der Waals surface area contributed by atoms with Crippen LogP contribution in [0.15, 0.2) is 42.5 Å². The van der Waals surface area contributed by atoms with E-state index in [0.717, 1.165) is 24.4 Å². The summed E-state index contributed by atoms with van der Waals surface area (Å²) in [4.78, 5) is 4.53. The van der Waals surface area contributed by atoms with Gasteiger partial charge in [0.2, 0.25) is 5.88 Å². The lowest BCUT2D eigenvalue weighted by Crippen LogP contribution is -2.16. The van der Waals surface area contributed by atoms with Gasteiger partial charge in [0, 0.05) is 18.7 Å². The lowest BCUT2D eigenvalue weighted by atomic mass is 10.2. The number of benzene rings is 1. The zero-order valence-corrected chi connectivity index (χ0v) is 11.8. The summed E-state index contributed by atoms with van der Waals surface area (Å²) in [5.41, 5.74) is 2.34. The fourth-order valence-corrected chi connectivity index (χ4v) is 2.06. The Morgan fingerprint density at radius 3 is 2.65 bits per heavy atom. The van der Waals surface area contributed by atoms with Crippen molar-refractivity contribution in [2.24, 2.45) is 0 Å². The number of hydrogen-bond acceptors (Lipinski definition) is 3. The maximum Gasteiger partial charge on any atom is 0.219 e. The first-order valence-corrected chi connectivity index (χ1v) is 7.29. The van der Waals surface area contributed by atoms with E-state index in [9.17, 15) is 0 Å². The molecule has 20 heavy (non-hydrogen) atoms. The minimum atomic E-state index is 0.657. The van der Waals surface area contributed by atoms with E-state index in [2.05, 4.69) is 29.4 Å². The molecule has 0 unspecified atom stereocenters. The minimum Gasteiger partial charge on any atom is -0.439 e. The van der Waals surface area contributed by atoms with Crippen molar-refractivity contribution < 1.29 is 4.74 Å². The average molecular weight is 268 g/mol. The first-order valence-electron chi connectivity index (χ1n) is 7.29. The van der Waals surface area contributed by atoms with Crippen molar-refractivity contribution in [3.63, 3.8) is 0 Å². The molecule has 0 saturated heterocycles. The molecule has 104 valence electrons. The molecule has 0 radical (unpaired) electrons. The van der Waals surface area contributed by atoms with E-state index in [1.807, 2.05) is 30.3 Å². The van der Waals surface area contributed by atoms with Gasteiger partial charge in [-0.25, -0.2) is 4.98 Å². The van der Waals surface area contributed by atoms with Crippen molar-refractivity contribution in [3.05, 3.63) is 53.7 Å². The second-order valence-corrected chi connectivity index (χ2v) is 5.22. The summed E-state index contributed by atoms with van der Waals surface area (Å²) in [6.07, 6.45) is 3.63. The predicted octanol–water partition coefficient (Wildman–Crippen LogP) is 3.69. The van der Waals surface area contributed by atoms with E-state index < -0.39 is 0 Å². The van der Waals surface area contributed by atoms with Crippen LogP contribution in [0.1, 0.15) is 31.0 Å². The second kappa shape index (κ2) is 6.06. The third-order valence-electron chi connectivity index (χ3n) is 3.48. The highest BCUT2D eigenvalue weighted by molar-refractivity contribution is 5.30. The highest BCUT2D eigenvalue weighted by atomic mass is 16.5. The largest absolute Gasteiger partial charge is 0.439 e. The number of aryl methyl sites for hydroxylation is 1. The number of ether oxygens (including phenoxy) is 1. The molecule has 3 nitrogen and oxygen atoms in total. The SMILES string of the molecule is CCc1ccc(Oc2cccc(CNC3CC3)n2)cc1. The van der Waals surface area contributed by atoms with Crippen LogP contribution in [0.5, 0.6) is 11.6 Å². The van der Waals surface area contributed by atoms with Gasteiger partial charge in [0.1, 0.15) is 5.75 Å². The highest BCUT2D eigenvalue weighted by Crippen LogP contribution is 2.21. The summed E-state index contributed by atoms with van der Waals surface area (Å²) in [5.74, 6) is 1.49. The number of nitrogens with one attached hydrogen (secondary N) is 1. The summed E-state index contributed by atoms with van der Waals surface area (Å²) in [7, 11) is 0. The topological polar surface area (TPSA) is 34.1 Å². The smallest absolute Gasteiger partial charge is 0.219 e. The Hall–Kier alpha value is -1.87. The Labute approximate surface area is 120 Å².